The molecule has 1 aliphatic rings. The molecule has 7 nitrogen and oxygen atoms in total. The molecule has 0 saturated carbocycles. The molecule has 0 radical (unpaired) electrons. The predicted octanol–water partition coefficient (Wildman–Crippen LogP) is 3.32. The Morgan fingerprint density at radius 3 is 2.53 bits per heavy atom. The average molecular weight is 432 g/mol. The number of likely N-dealkylation sites (tertiary alicyclic amines) is 1. The molecule has 0 spiro atoms. The van der Waals surface area contributed by atoms with Gasteiger partial charge in [-0.1, -0.05) is 24.3 Å². The fourth-order valence-corrected chi connectivity index (χ4v) is 4.60. The van der Waals surface area contributed by atoms with Crippen molar-refractivity contribution in [2.75, 3.05) is 12.8 Å². The number of nitriles is 1. The van der Waals surface area contributed by atoms with Crippen LogP contribution in [0.3, 0.4) is 0 Å². The van der Waals surface area contributed by atoms with E-state index in [1.807, 2.05) is 6.07 Å². The summed E-state index contributed by atoms with van der Waals surface area (Å²) in [6.45, 7) is 0.257. The molecule has 1 unspecified atom stereocenters. The zero-order chi connectivity index (χ0) is 21.9. The van der Waals surface area contributed by atoms with Crippen molar-refractivity contribution >= 4 is 16.2 Å². The summed E-state index contributed by atoms with van der Waals surface area (Å²) in [5.41, 5.74) is 1.45. The summed E-state index contributed by atoms with van der Waals surface area (Å²) in [6, 6.07) is 13.4. The van der Waals surface area contributed by atoms with Gasteiger partial charge in [0, 0.05) is 12.5 Å². The smallest absolute Gasteiger partial charge is 0.407 e. The standard InChI is InChI=1S/C21H21FN2O5S/c1-30(27,28)29-20(18-6-3-11-24(18)21(25)26)19(16-4-2-5-17(22)12-16)15-9-7-14(13-23)8-10-15/h2,4-5,7-10,12,18-20H,3,6,11H2,1H3,(H,25,26)/t18?,19-,20+/m1/s1. The summed E-state index contributed by atoms with van der Waals surface area (Å²) in [5, 5.41) is 18.7. The van der Waals surface area contributed by atoms with Crippen molar-refractivity contribution in [3.63, 3.8) is 0 Å². The molecule has 3 atom stereocenters. The molecule has 1 aliphatic heterocycles. The van der Waals surface area contributed by atoms with Crippen LogP contribution in [0.1, 0.15) is 35.4 Å². The molecular formula is C21H21FN2O5S. The highest BCUT2D eigenvalue weighted by atomic mass is 32.2. The summed E-state index contributed by atoms with van der Waals surface area (Å²) in [7, 11) is -3.96. The van der Waals surface area contributed by atoms with Gasteiger partial charge in [0.05, 0.1) is 23.9 Å². The monoisotopic (exact) mass is 432 g/mol. The summed E-state index contributed by atoms with van der Waals surface area (Å²) in [5.74, 6) is -1.28. The molecule has 1 heterocycles. The van der Waals surface area contributed by atoms with Crippen LogP contribution >= 0.6 is 0 Å². The van der Waals surface area contributed by atoms with Crippen molar-refractivity contribution in [3.8, 4) is 6.07 Å². The first kappa shape index (κ1) is 21.7. The first-order valence-corrected chi connectivity index (χ1v) is 11.1. The largest absolute Gasteiger partial charge is 0.465 e. The molecular weight excluding hydrogens is 411 g/mol. The average Bonchev–Trinajstić information content (AvgIpc) is 3.17. The normalized spacial score (nSPS) is 18.6. The van der Waals surface area contributed by atoms with Crippen LogP contribution in [-0.2, 0) is 14.3 Å². The molecule has 2 aromatic rings. The lowest BCUT2D eigenvalue weighted by atomic mass is 9.82. The minimum atomic E-state index is -3.96. The second kappa shape index (κ2) is 8.81. The minimum absolute atomic E-state index is 0.257. The third-order valence-corrected chi connectivity index (χ3v) is 5.72. The Kier molecular flexibility index (Phi) is 6.39. The molecule has 158 valence electrons. The van der Waals surface area contributed by atoms with Crippen LogP contribution in [0.2, 0.25) is 0 Å². The van der Waals surface area contributed by atoms with E-state index in [0.717, 1.165) is 6.26 Å². The lowest BCUT2D eigenvalue weighted by molar-refractivity contribution is 0.0777. The van der Waals surface area contributed by atoms with E-state index in [9.17, 15) is 22.7 Å². The predicted molar refractivity (Wildman–Crippen MR) is 107 cm³/mol. The van der Waals surface area contributed by atoms with Gasteiger partial charge in [0.1, 0.15) is 11.9 Å². The zero-order valence-electron chi connectivity index (χ0n) is 16.2. The first-order chi connectivity index (χ1) is 14.2. The molecule has 1 N–H and O–H groups in total. The van der Waals surface area contributed by atoms with Crippen LogP contribution in [0, 0.1) is 17.1 Å². The Balaban J connectivity index is 2.17. The van der Waals surface area contributed by atoms with Crippen LogP contribution in [0.5, 0.6) is 0 Å². The van der Waals surface area contributed by atoms with Crippen molar-refractivity contribution in [1.82, 2.24) is 4.90 Å². The van der Waals surface area contributed by atoms with Gasteiger partial charge in [-0.15, -0.1) is 0 Å². The maximum Gasteiger partial charge on any atom is 0.407 e. The van der Waals surface area contributed by atoms with Gasteiger partial charge >= 0.3 is 6.09 Å². The number of rotatable bonds is 6. The molecule has 2 aromatic carbocycles. The van der Waals surface area contributed by atoms with Crippen molar-refractivity contribution in [1.29, 1.82) is 5.26 Å². The maximum absolute atomic E-state index is 14.0. The van der Waals surface area contributed by atoms with Crippen LogP contribution in [0.25, 0.3) is 0 Å². The number of halogens is 1. The molecule has 0 aromatic heterocycles. The third-order valence-electron chi connectivity index (χ3n) is 5.15. The number of hydrogen-bond acceptors (Lipinski definition) is 5. The number of hydrogen-bond donors (Lipinski definition) is 1. The molecule has 0 bridgehead atoms. The second-order valence-electron chi connectivity index (χ2n) is 7.22. The molecule has 0 aliphatic carbocycles. The van der Waals surface area contributed by atoms with Gasteiger partial charge in [-0.25, -0.2) is 9.18 Å². The Bertz CT molecular complexity index is 1070. The number of nitrogens with zero attached hydrogens (tertiary/aromatic N) is 2. The Hall–Kier alpha value is -2.96. The van der Waals surface area contributed by atoms with Gasteiger partial charge in [0.15, 0.2) is 0 Å². The van der Waals surface area contributed by atoms with Crippen LogP contribution in [-0.4, -0.2) is 49.5 Å². The molecule has 1 fully saturated rings. The number of carbonyl (C=O) groups is 1. The summed E-state index contributed by atoms with van der Waals surface area (Å²) < 4.78 is 43.7. The first-order valence-electron chi connectivity index (χ1n) is 9.33. The van der Waals surface area contributed by atoms with E-state index in [1.54, 1.807) is 30.3 Å². The van der Waals surface area contributed by atoms with Crippen LogP contribution < -0.4 is 0 Å². The van der Waals surface area contributed by atoms with Gasteiger partial charge in [-0.2, -0.15) is 13.7 Å². The maximum atomic E-state index is 14.0. The molecule has 1 saturated heterocycles. The van der Waals surface area contributed by atoms with Gasteiger partial charge in [-0.3, -0.25) is 4.18 Å². The van der Waals surface area contributed by atoms with Crippen LogP contribution in [0.4, 0.5) is 9.18 Å². The summed E-state index contributed by atoms with van der Waals surface area (Å²) in [6.07, 6.45) is -0.398. The van der Waals surface area contributed by atoms with E-state index >= 15 is 0 Å². The fourth-order valence-electron chi connectivity index (χ4n) is 3.95. The Morgan fingerprint density at radius 1 is 1.27 bits per heavy atom. The number of benzene rings is 2. The summed E-state index contributed by atoms with van der Waals surface area (Å²) in [4.78, 5) is 12.9. The molecule has 30 heavy (non-hydrogen) atoms. The van der Waals surface area contributed by atoms with Gasteiger partial charge < -0.3 is 10.0 Å². The highest BCUT2D eigenvalue weighted by Gasteiger charge is 2.42. The van der Waals surface area contributed by atoms with Crippen molar-refractivity contribution in [3.05, 3.63) is 71.0 Å². The SMILES string of the molecule is CS(=O)(=O)O[C@@H](C1CCCN1C(=O)O)[C@H](c1ccc(C#N)cc1)c1cccc(F)c1. The fraction of sp³-hybridized carbons (Fsp3) is 0.333. The van der Waals surface area contributed by atoms with E-state index < -0.39 is 40.1 Å². The van der Waals surface area contributed by atoms with Gasteiger partial charge in [0.2, 0.25) is 0 Å². The third kappa shape index (κ3) is 4.96. The van der Waals surface area contributed by atoms with E-state index in [4.69, 9.17) is 9.44 Å². The van der Waals surface area contributed by atoms with E-state index in [0.29, 0.717) is 29.5 Å². The van der Waals surface area contributed by atoms with E-state index in [-0.39, 0.29) is 6.54 Å². The van der Waals surface area contributed by atoms with Crippen molar-refractivity contribution in [2.45, 2.75) is 30.9 Å². The topological polar surface area (TPSA) is 108 Å². The van der Waals surface area contributed by atoms with E-state index in [1.165, 1.54) is 23.1 Å². The van der Waals surface area contributed by atoms with Crippen LogP contribution in [0.15, 0.2) is 48.5 Å². The highest BCUT2D eigenvalue weighted by molar-refractivity contribution is 7.86. The molecule has 1 amide bonds. The lowest BCUT2D eigenvalue weighted by Gasteiger charge is -2.35. The Labute approximate surface area is 174 Å². The zero-order valence-corrected chi connectivity index (χ0v) is 17.0. The molecule has 9 heteroatoms. The number of carboxylic acid groups (broad SMARTS) is 1. The Morgan fingerprint density at radius 2 is 1.97 bits per heavy atom. The number of amides is 1. The van der Waals surface area contributed by atoms with Gasteiger partial charge in [0.25, 0.3) is 10.1 Å². The molecule has 3 rings (SSSR count). The minimum Gasteiger partial charge on any atom is -0.465 e. The van der Waals surface area contributed by atoms with Crippen molar-refractivity contribution in [2.24, 2.45) is 0 Å². The summed E-state index contributed by atoms with van der Waals surface area (Å²) >= 11 is 0. The quantitative estimate of drug-likeness (QED) is 0.702. The van der Waals surface area contributed by atoms with E-state index in [2.05, 4.69) is 0 Å². The second-order valence-corrected chi connectivity index (χ2v) is 8.82. The van der Waals surface area contributed by atoms with Gasteiger partial charge in [-0.05, 0) is 48.2 Å². The van der Waals surface area contributed by atoms with Crippen molar-refractivity contribution < 1.29 is 26.9 Å². The highest BCUT2D eigenvalue weighted by Crippen LogP contribution is 2.37. The lowest BCUT2D eigenvalue weighted by Crippen LogP contribution is -2.47.